The maximum Gasteiger partial charge on any atom is 0.357 e. The molecule has 0 spiro atoms. The van der Waals surface area contributed by atoms with Gasteiger partial charge in [0.25, 0.3) is 5.91 Å². The van der Waals surface area contributed by atoms with Crippen LogP contribution in [0, 0.1) is 5.92 Å². The molecule has 0 saturated carbocycles. The number of hydrogen-bond donors (Lipinski definition) is 3. The maximum absolute atomic E-state index is 12.5. The number of hydrogen-bond acceptors (Lipinski definition) is 6. The molecule has 166 valence electrons. The highest BCUT2D eigenvalue weighted by Gasteiger charge is 2.22. The van der Waals surface area contributed by atoms with Gasteiger partial charge in [-0.15, -0.1) is 0 Å². The summed E-state index contributed by atoms with van der Waals surface area (Å²) in [6.45, 7) is 4.07. The maximum atomic E-state index is 12.5. The molecule has 8 heteroatoms. The first-order valence-corrected chi connectivity index (χ1v) is 10.9. The number of H-pyrrole nitrogens is 1. The van der Waals surface area contributed by atoms with Gasteiger partial charge in [-0.1, -0.05) is 18.2 Å². The van der Waals surface area contributed by atoms with Crippen molar-refractivity contribution in [1.29, 1.82) is 0 Å². The number of carbonyl (C=O) groups is 2. The van der Waals surface area contributed by atoms with Gasteiger partial charge in [0.05, 0.1) is 6.61 Å². The van der Waals surface area contributed by atoms with Crippen LogP contribution < -0.4 is 10.6 Å². The van der Waals surface area contributed by atoms with Crippen molar-refractivity contribution in [3.05, 3.63) is 65.7 Å². The Hall–Kier alpha value is -3.52. The Labute approximate surface area is 186 Å². The molecule has 0 unspecified atom stereocenters. The van der Waals surface area contributed by atoms with Crippen LogP contribution in [0.4, 0.5) is 5.82 Å². The number of carbonyl (C=O) groups excluding carboxylic acids is 2. The van der Waals surface area contributed by atoms with E-state index in [2.05, 4.69) is 20.6 Å². The van der Waals surface area contributed by atoms with Crippen LogP contribution >= 0.6 is 0 Å². The van der Waals surface area contributed by atoms with E-state index < -0.39 is 5.97 Å². The van der Waals surface area contributed by atoms with Crippen molar-refractivity contribution >= 4 is 17.7 Å². The smallest absolute Gasteiger partial charge is 0.357 e. The fraction of sp³-hybridized carbons (Fsp3) is 0.333. The van der Waals surface area contributed by atoms with E-state index in [0.29, 0.717) is 28.7 Å². The standard InChI is InChI=1S/C24H27N5O3/c1-2-32-24(31)22-21(27-20(28-22)15-16-10-13-25-14-11-16)17-6-8-18(9-7-17)23(30)29-19-5-3-4-12-26-19/h3-9,12,16,25H,2,10-11,13-15H2,1H3,(H,27,28)(H,26,29,30). The van der Waals surface area contributed by atoms with Gasteiger partial charge in [0.15, 0.2) is 5.69 Å². The molecule has 1 amide bonds. The van der Waals surface area contributed by atoms with Gasteiger partial charge in [-0.25, -0.2) is 14.8 Å². The summed E-state index contributed by atoms with van der Waals surface area (Å²) in [4.78, 5) is 37.1. The molecule has 0 radical (unpaired) electrons. The quantitative estimate of drug-likeness (QED) is 0.493. The summed E-state index contributed by atoms with van der Waals surface area (Å²) in [5.74, 6) is 1.12. The van der Waals surface area contributed by atoms with Gasteiger partial charge in [0.2, 0.25) is 0 Å². The van der Waals surface area contributed by atoms with Crippen molar-refractivity contribution in [2.24, 2.45) is 5.92 Å². The predicted molar refractivity (Wildman–Crippen MR) is 121 cm³/mol. The summed E-state index contributed by atoms with van der Waals surface area (Å²) in [7, 11) is 0. The summed E-state index contributed by atoms with van der Waals surface area (Å²) < 4.78 is 5.23. The molecule has 3 heterocycles. The molecule has 32 heavy (non-hydrogen) atoms. The number of imidazole rings is 1. The third kappa shape index (κ3) is 5.20. The third-order valence-electron chi connectivity index (χ3n) is 5.50. The first-order chi connectivity index (χ1) is 15.6. The zero-order valence-electron chi connectivity index (χ0n) is 18.1. The van der Waals surface area contributed by atoms with Crippen molar-refractivity contribution in [3.63, 3.8) is 0 Å². The zero-order valence-corrected chi connectivity index (χ0v) is 18.1. The molecule has 1 aliphatic heterocycles. The molecule has 0 atom stereocenters. The molecule has 1 fully saturated rings. The van der Waals surface area contributed by atoms with Crippen LogP contribution in [0.1, 0.15) is 46.4 Å². The SMILES string of the molecule is CCOC(=O)c1[nH]c(CC2CCNCC2)nc1-c1ccc(C(=O)Nc2ccccn2)cc1. The third-order valence-corrected chi connectivity index (χ3v) is 5.50. The zero-order chi connectivity index (χ0) is 22.3. The van der Waals surface area contributed by atoms with E-state index >= 15 is 0 Å². The Bertz CT molecular complexity index is 1060. The van der Waals surface area contributed by atoms with Crippen molar-refractivity contribution < 1.29 is 14.3 Å². The Morgan fingerprint density at radius 2 is 1.91 bits per heavy atom. The Morgan fingerprint density at radius 3 is 2.59 bits per heavy atom. The molecular formula is C24H27N5O3. The molecule has 2 aromatic heterocycles. The lowest BCUT2D eigenvalue weighted by Gasteiger charge is -2.21. The van der Waals surface area contributed by atoms with Crippen LogP contribution in [0.5, 0.6) is 0 Å². The van der Waals surface area contributed by atoms with E-state index in [1.165, 1.54) is 0 Å². The van der Waals surface area contributed by atoms with Crippen molar-refractivity contribution in [2.75, 3.05) is 25.0 Å². The van der Waals surface area contributed by atoms with Gasteiger partial charge in [0, 0.05) is 23.7 Å². The Kier molecular flexibility index (Phi) is 6.91. The number of aromatic amines is 1. The van der Waals surface area contributed by atoms with E-state index in [9.17, 15) is 9.59 Å². The van der Waals surface area contributed by atoms with E-state index in [0.717, 1.165) is 43.7 Å². The summed E-state index contributed by atoms with van der Waals surface area (Å²) in [6.07, 6.45) is 4.59. The number of nitrogens with one attached hydrogen (secondary N) is 3. The summed E-state index contributed by atoms with van der Waals surface area (Å²) in [6, 6.07) is 12.3. The van der Waals surface area contributed by atoms with Crippen LogP contribution in [-0.2, 0) is 11.2 Å². The number of piperidine rings is 1. The Balaban J connectivity index is 1.55. The normalized spacial score (nSPS) is 14.2. The number of ether oxygens (including phenoxy) is 1. The minimum Gasteiger partial charge on any atom is -0.461 e. The van der Waals surface area contributed by atoms with Gasteiger partial charge in [0.1, 0.15) is 17.3 Å². The topological polar surface area (TPSA) is 109 Å². The number of esters is 1. The van der Waals surface area contributed by atoms with Crippen molar-refractivity contribution in [3.8, 4) is 11.3 Å². The lowest BCUT2D eigenvalue weighted by Crippen LogP contribution is -2.28. The highest BCUT2D eigenvalue weighted by atomic mass is 16.5. The van der Waals surface area contributed by atoms with E-state index in [1.807, 2.05) is 6.07 Å². The van der Waals surface area contributed by atoms with Crippen molar-refractivity contribution in [2.45, 2.75) is 26.2 Å². The number of pyridine rings is 1. The number of nitrogens with zero attached hydrogens (tertiary/aromatic N) is 2. The fourth-order valence-corrected chi connectivity index (χ4v) is 3.84. The lowest BCUT2D eigenvalue weighted by molar-refractivity contribution is 0.0520. The number of amides is 1. The molecule has 3 aromatic rings. The average molecular weight is 434 g/mol. The van der Waals surface area contributed by atoms with Crippen LogP contribution in [0.25, 0.3) is 11.3 Å². The second kappa shape index (κ2) is 10.2. The molecular weight excluding hydrogens is 406 g/mol. The molecule has 3 N–H and O–H groups in total. The highest BCUT2D eigenvalue weighted by Crippen LogP contribution is 2.25. The Morgan fingerprint density at radius 1 is 1.12 bits per heavy atom. The monoisotopic (exact) mass is 433 g/mol. The predicted octanol–water partition coefficient (Wildman–Crippen LogP) is 3.44. The van der Waals surface area contributed by atoms with E-state index in [-0.39, 0.29) is 12.5 Å². The largest absolute Gasteiger partial charge is 0.461 e. The van der Waals surface area contributed by atoms with E-state index in [4.69, 9.17) is 9.72 Å². The summed E-state index contributed by atoms with van der Waals surface area (Å²) in [5, 5.41) is 6.13. The first-order valence-electron chi connectivity index (χ1n) is 10.9. The molecule has 8 nitrogen and oxygen atoms in total. The number of rotatable bonds is 7. The number of aromatic nitrogens is 3. The van der Waals surface area contributed by atoms with Gasteiger partial charge in [-0.2, -0.15) is 0 Å². The number of benzene rings is 1. The molecule has 0 bridgehead atoms. The van der Waals surface area contributed by atoms with Crippen LogP contribution in [0.15, 0.2) is 48.7 Å². The van der Waals surface area contributed by atoms with Gasteiger partial charge in [-0.05, 0) is 63.0 Å². The molecule has 1 aliphatic rings. The van der Waals surface area contributed by atoms with Gasteiger partial charge < -0.3 is 20.4 Å². The van der Waals surface area contributed by atoms with Crippen LogP contribution in [-0.4, -0.2) is 46.5 Å². The van der Waals surface area contributed by atoms with E-state index in [1.54, 1.807) is 49.5 Å². The first kappa shape index (κ1) is 21.7. The average Bonchev–Trinajstić information content (AvgIpc) is 3.24. The van der Waals surface area contributed by atoms with Crippen molar-refractivity contribution in [1.82, 2.24) is 20.3 Å². The van der Waals surface area contributed by atoms with Crippen LogP contribution in [0.3, 0.4) is 0 Å². The van der Waals surface area contributed by atoms with Crippen LogP contribution in [0.2, 0.25) is 0 Å². The fourth-order valence-electron chi connectivity index (χ4n) is 3.84. The summed E-state index contributed by atoms with van der Waals surface area (Å²) in [5.41, 5.74) is 2.13. The molecule has 4 rings (SSSR count). The second-order valence-corrected chi connectivity index (χ2v) is 7.77. The van der Waals surface area contributed by atoms with Gasteiger partial charge >= 0.3 is 5.97 Å². The molecule has 1 aromatic carbocycles. The minimum absolute atomic E-state index is 0.255. The molecule has 1 saturated heterocycles. The molecule has 0 aliphatic carbocycles. The second-order valence-electron chi connectivity index (χ2n) is 7.77. The summed E-state index contributed by atoms with van der Waals surface area (Å²) >= 11 is 0. The minimum atomic E-state index is -0.427. The lowest BCUT2D eigenvalue weighted by atomic mass is 9.94. The highest BCUT2D eigenvalue weighted by molar-refractivity contribution is 6.04. The number of anilines is 1. The van der Waals surface area contributed by atoms with Gasteiger partial charge in [-0.3, -0.25) is 4.79 Å².